The predicted molar refractivity (Wildman–Crippen MR) is 40.6 cm³/mol. The van der Waals surface area contributed by atoms with Gasteiger partial charge in [0.25, 0.3) is 0 Å². The van der Waals surface area contributed by atoms with Crippen LogP contribution in [0.3, 0.4) is 0 Å². The third kappa shape index (κ3) is 0.692. The highest BCUT2D eigenvalue weighted by atomic mass is 14.9. The number of fused-ring (bicyclic) bond motifs is 1. The molecule has 2 aromatic rings. The molecule has 0 saturated heterocycles. The molecule has 1 aromatic carbocycles. The first-order valence-electron chi connectivity index (χ1n) is 3.13. The van der Waals surface area contributed by atoms with Crippen molar-refractivity contribution in [3.8, 4) is 0 Å². The van der Waals surface area contributed by atoms with Gasteiger partial charge in [-0.15, -0.1) is 0 Å². The number of rotatable bonds is 0. The second-order valence-corrected chi connectivity index (χ2v) is 2.20. The van der Waals surface area contributed by atoms with Crippen LogP contribution in [0.4, 0.5) is 0 Å². The van der Waals surface area contributed by atoms with Crippen LogP contribution in [-0.2, 0) is 0 Å². The summed E-state index contributed by atoms with van der Waals surface area (Å²) in [5.41, 5.74) is 2.03. The number of aromatic amines is 1. The smallest absolute Gasteiger partial charge is 0.107 e. The van der Waals surface area contributed by atoms with Gasteiger partial charge in [-0.1, -0.05) is 12.1 Å². The fourth-order valence-corrected chi connectivity index (χ4v) is 1.01. The number of imidazole rings is 1. The second kappa shape index (κ2) is 1.84. The molecule has 0 aliphatic rings. The molecule has 1 heterocycles. The van der Waals surface area contributed by atoms with E-state index in [2.05, 4.69) is 16.9 Å². The van der Waals surface area contributed by atoms with Gasteiger partial charge < -0.3 is 4.98 Å². The minimum Gasteiger partial charge on any atom is -0.342 e. The summed E-state index contributed by atoms with van der Waals surface area (Å²) >= 11 is 0. The SMILES string of the molecule is [CH2]c1nc2ccccc2[nH]1. The lowest BCUT2D eigenvalue weighted by Crippen LogP contribution is -1.68. The lowest BCUT2D eigenvalue weighted by molar-refractivity contribution is 1.25. The number of benzene rings is 1. The van der Waals surface area contributed by atoms with Crippen molar-refractivity contribution in [1.82, 2.24) is 9.97 Å². The van der Waals surface area contributed by atoms with Crippen LogP contribution in [0.25, 0.3) is 11.0 Å². The molecule has 10 heavy (non-hydrogen) atoms. The first kappa shape index (κ1) is 5.47. The molecule has 0 spiro atoms. The Morgan fingerprint density at radius 1 is 1.30 bits per heavy atom. The van der Waals surface area contributed by atoms with Gasteiger partial charge >= 0.3 is 0 Å². The van der Waals surface area contributed by atoms with Crippen LogP contribution in [-0.4, -0.2) is 9.97 Å². The number of H-pyrrole nitrogens is 1. The van der Waals surface area contributed by atoms with Crippen molar-refractivity contribution in [2.45, 2.75) is 0 Å². The molecule has 0 saturated carbocycles. The topological polar surface area (TPSA) is 28.7 Å². The highest BCUT2D eigenvalue weighted by Gasteiger charge is 1.94. The molecule has 0 unspecified atom stereocenters. The van der Waals surface area contributed by atoms with Crippen LogP contribution in [0.15, 0.2) is 24.3 Å². The van der Waals surface area contributed by atoms with E-state index in [1.54, 1.807) is 0 Å². The Kier molecular flexibility index (Phi) is 1.01. The summed E-state index contributed by atoms with van der Waals surface area (Å²) < 4.78 is 0. The minimum absolute atomic E-state index is 0.723. The number of aromatic nitrogens is 2. The second-order valence-electron chi connectivity index (χ2n) is 2.20. The highest BCUT2D eigenvalue weighted by Crippen LogP contribution is 2.08. The van der Waals surface area contributed by atoms with Crippen molar-refractivity contribution in [3.05, 3.63) is 37.0 Å². The van der Waals surface area contributed by atoms with E-state index >= 15 is 0 Å². The summed E-state index contributed by atoms with van der Waals surface area (Å²) in [7, 11) is 0. The third-order valence-electron chi connectivity index (χ3n) is 1.44. The monoisotopic (exact) mass is 131 g/mol. The van der Waals surface area contributed by atoms with Crippen molar-refractivity contribution in [3.63, 3.8) is 0 Å². The first-order valence-corrected chi connectivity index (χ1v) is 3.13. The van der Waals surface area contributed by atoms with E-state index in [1.807, 2.05) is 24.3 Å². The molecule has 49 valence electrons. The van der Waals surface area contributed by atoms with E-state index in [0.29, 0.717) is 0 Å². The molecule has 1 radical (unpaired) electrons. The Morgan fingerprint density at radius 2 is 2.10 bits per heavy atom. The average Bonchev–Trinajstić information content (AvgIpc) is 2.27. The van der Waals surface area contributed by atoms with Gasteiger partial charge in [-0.3, -0.25) is 0 Å². The number of hydrogen-bond donors (Lipinski definition) is 1. The van der Waals surface area contributed by atoms with Gasteiger partial charge in [0.1, 0.15) is 5.82 Å². The largest absolute Gasteiger partial charge is 0.342 e. The van der Waals surface area contributed by atoms with Crippen LogP contribution in [0.2, 0.25) is 0 Å². The Morgan fingerprint density at radius 3 is 2.90 bits per heavy atom. The van der Waals surface area contributed by atoms with Gasteiger partial charge in [-0.2, -0.15) is 0 Å². The summed E-state index contributed by atoms with van der Waals surface area (Å²) in [4.78, 5) is 7.18. The standard InChI is InChI=1S/C8H7N2/c1-6-9-7-4-2-3-5-8(7)10-6/h2-5H,1H2,(H,9,10). The summed E-state index contributed by atoms with van der Waals surface area (Å²) in [5.74, 6) is 0.723. The first-order chi connectivity index (χ1) is 4.86. The number of nitrogens with one attached hydrogen (secondary N) is 1. The van der Waals surface area contributed by atoms with Crippen LogP contribution in [0, 0.1) is 6.92 Å². The molecule has 0 fully saturated rings. The van der Waals surface area contributed by atoms with Crippen molar-refractivity contribution in [1.29, 1.82) is 0 Å². The molecule has 2 heteroatoms. The average molecular weight is 131 g/mol. The van der Waals surface area contributed by atoms with E-state index in [1.165, 1.54) is 0 Å². The van der Waals surface area contributed by atoms with Gasteiger partial charge in [0.15, 0.2) is 0 Å². The normalized spacial score (nSPS) is 10.5. The molecule has 0 atom stereocenters. The molecule has 0 aliphatic heterocycles. The molecule has 1 aromatic heterocycles. The Balaban J connectivity index is 2.88. The molecule has 2 rings (SSSR count). The Labute approximate surface area is 58.9 Å². The van der Waals surface area contributed by atoms with Gasteiger partial charge in [0, 0.05) is 6.92 Å². The maximum Gasteiger partial charge on any atom is 0.107 e. The number of hydrogen-bond acceptors (Lipinski definition) is 1. The molecular weight excluding hydrogens is 124 g/mol. The van der Waals surface area contributed by atoms with Gasteiger partial charge in [-0.05, 0) is 12.1 Å². The quantitative estimate of drug-likeness (QED) is 0.579. The lowest BCUT2D eigenvalue weighted by atomic mass is 10.3. The zero-order valence-corrected chi connectivity index (χ0v) is 5.46. The maximum absolute atomic E-state index is 4.15. The molecular formula is C8H7N2. The third-order valence-corrected chi connectivity index (χ3v) is 1.44. The van der Waals surface area contributed by atoms with E-state index in [9.17, 15) is 0 Å². The van der Waals surface area contributed by atoms with E-state index < -0.39 is 0 Å². The lowest BCUT2D eigenvalue weighted by Gasteiger charge is -1.81. The predicted octanol–water partition coefficient (Wildman–Crippen LogP) is 1.75. The Bertz CT molecular complexity index is 316. The number of nitrogens with zero attached hydrogens (tertiary/aromatic N) is 1. The van der Waals surface area contributed by atoms with Crippen molar-refractivity contribution in [2.24, 2.45) is 0 Å². The van der Waals surface area contributed by atoms with Crippen LogP contribution < -0.4 is 0 Å². The van der Waals surface area contributed by atoms with Crippen LogP contribution in [0.5, 0.6) is 0 Å². The summed E-state index contributed by atoms with van der Waals surface area (Å²) in [6.07, 6.45) is 0. The number of para-hydroxylation sites is 2. The van der Waals surface area contributed by atoms with Crippen molar-refractivity contribution < 1.29 is 0 Å². The zero-order valence-electron chi connectivity index (χ0n) is 5.46. The van der Waals surface area contributed by atoms with Crippen molar-refractivity contribution in [2.75, 3.05) is 0 Å². The Hall–Kier alpha value is -1.31. The molecule has 0 amide bonds. The fraction of sp³-hybridized carbons (Fsp3) is 0. The van der Waals surface area contributed by atoms with E-state index in [4.69, 9.17) is 0 Å². The van der Waals surface area contributed by atoms with E-state index in [-0.39, 0.29) is 0 Å². The van der Waals surface area contributed by atoms with Gasteiger partial charge in [-0.25, -0.2) is 4.98 Å². The van der Waals surface area contributed by atoms with Crippen molar-refractivity contribution >= 4 is 11.0 Å². The highest BCUT2D eigenvalue weighted by molar-refractivity contribution is 5.74. The molecule has 1 N–H and O–H groups in total. The summed E-state index contributed by atoms with van der Waals surface area (Å²) in [6.45, 7) is 3.69. The fourth-order valence-electron chi connectivity index (χ4n) is 1.01. The molecule has 0 aliphatic carbocycles. The molecule has 2 nitrogen and oxygen atoms in total. The van der Waals surface area contributed by atoms with E-state index in [0.717, 1.165) is 16.9 Å². The zero-order chi connectivity index (χ0) is 6.97. The van der Waals surface area contributed by atoms with Crippen LogP contribution in [0.1, 0.15) is 5.82 Å². The van der Waals surface area contributed by atoms with Gasteiger partial charge in [0.2, 0.25) is 0 Å². The van der Waals surface area contributed by atoms with Crippen LogP contribution >= 0.6 is 0 Å². The maximum atomic E-state index is 4.15. The summed E-state index contributed by atoms with van der Waals surface area (Å²) in [6, 6.07) is 7.88. The molecule has 0 bridgehead atoms. The van der Waals surface area contributed by atoms with Gasteiger partial charge in [0.05, 0.1) is 11.0 Å². The minimum atomic E-state index is 0.723. The summed E-state index contributed by atoms with van der Waals surface area (Å²) in [5, 5.41) is 0.